The Hall–Kier alpha value is -1.34. The number of rotatable bonds is 10. The molecule has 8 heteroatoms. The lowest BCUT2D eigenvalue weighted by Gasteiger charge is -2.18. The van der Waals surface area contributed by atoms with E-state index in [2.05, 4.69) is 10.6 Å². The highest BCUT2D eigenvalue weighted by Crippen LogP contribution is 2.21. The minimum atomic E-state index is -0.617. The fourth-order valence-electron chi connectivity index (χ4n) is 2.40. The summed E-state index contributed by atoms with van der Waals surface area (Å²) in [4.78, 5) is 26.3. The van der Waals surface area contributed by atoms with Crippen LogP contribution in [0.4, 0.5) is 0 Å². The van der Waals surface area contributed by atoms with Crippen molar-refractivity contribution in [1.82, 2.24) is 10.6 Å². The summed E-state index contributed by atoms with van der Waals surface area (Å²) in [6, 6.07) is 14.0. The van der Waals surface area contributed by atoms with Crippen molar-refractivity contribution in [3.8, 4) is 0 Å². The monoisotopic (exact) mass is 456 g/mol. The van der Waals surface area contributed by atoms with Crippen LogP contribution in [-0.4, -0.2) is 42.2 Å². The van der Waals surface area contributed by atoms with Crippen LogP contribution in [0.1, 0.15) is 16.8 Å². The average molecular weight is 457 g/mol. The van der Waals surface area contributed by atoms with Gasteiger partial charge in [-0.2, -0.15) is 11.8 Å². The molecule has 2 rings (SSSR count). The Balaban J connectivity index is 1.89. The van der Waals surface area contributed by atoms with Gasteiger partial charge in [-0.3, -0.25) is 9.59 Å². The molecule has 0 saturated heterocycles. The van der Waals surface area contributed by atoms with Crippen molar-refractivity contribution in [2.45, 2.75) is 17.4 Å². The Morgan fingerprint density at radius 2 is 1.82 bits per heavy atom. The molecular formula is C20H22Cl2N2O2S2. The summed E-state index contributed by atoms with van der Waals surface area (Å²) in [6.07, 6.45) is 2.50. The van der Waals surface area contributed by atoms with Crippen LogP contribution < -0.4 is 10.6 Å². The van der Waals surface area contributed by atoms with Crippen LogP contribution in [0.2, 0.25) is 10.0 Å². The third-order valence-electron chi connectivity index (χ3n) is 3.82. The number of benzene rings is 2. The SMILES string of the molecule is CSCCC(NC(=O)c1ccc(Cl)cc1Cl)C(=O)NCCSc1ccccc1. The summed E-state index contributed by atoms with van der Waals surface area (Å²) in [7, 11) is 0. The van der Waals surface area contributed by atoms with E-state index in [1.807, 2.05) is 36.6 Å². The molecule has 0 heterocycles. The van der Waals surface area contributed by atoms with Crippen molar-refractivity contribution >= 4 is 58.5 Å². The first kappa shape index (κ1) is 22.9. The normalized spacial score (nSPS) is 11.7. The van der Waals surface area contributed by atoms with Crippen LogP contribution >= 0.6 is 46.7 Å². The molecule has 0 aliphatic carbocycles. The summed E-state index contributed by atoms with van der Waals surface area (Å²) < 4.78 is 0. The Bertz CT molecular complexity index is 791. The summed E-state index contributed by atoms with van der Waals surface area (Å²) in [5.74, 6) is 0.927. The second kappa shape index (κ2) is 12.3. The highest BCUT2D eigenvalue weighted by atomic mass is 35.5. The molecule has 1 atom stereocenters. The zero-order valence-corrected chi connectivity index (χ0v) is 18.6. The number of amides is 2. The second-order valence-electron chi connectivity index (χ2n) is 5.88. The number of carbonyl (C=O) groups excluding carboxylic acids is 2. The van der Waals surface area contributed by atoms with E-state index in [0.717, 1.165) is 16.4 Å². The molecule has 2 N–H and O–H groups in total. The first-order valence-electron chi connectivity index (χ1n) is 8.71. The van der Waals surface area contributed by atoms with Gasteiger partial charge in [0.2, 0.25) is 5.91 Å². The van der Waals surface area contributed by atoms with Crippen LogP contribution in [-0.2, 0) is 4.79 Å². The van der Waals surface area contributed by atoms with E-state index in [1.165, 1.54) is 6.07 Å². The fraction of sp³-hybridized carbons (Fsp3) is 0.300. The van der Waals surface area contributed by atoms with Gasteiger partial charge in [0.25, 0.3) is 5.91 Å². The predicted octanol–water partition coefficient (Wildman–Crippen LogP) is 4.75. The molecule has 2 aromatic rings. The number of nitrogens with one attached hydrogen (secondary N) is 2. The van der Waals surface area contributed by atoms with Gasteiger partial charge in [-0.05, 0) is 48.8 Å². The Kier molecular flexibility index (Phi) is 10.1. The lowest BCUT2D eigenvalue weighted by atomic mass is 10.1. The first-order chi connectivity index (χ1) is 13.5. The highest BCUT2D eigenvalue weighted by molar-refractivity contribution is 7.99. The van der Waals surface area contributed by atoms with Gasteiger partial charge in [-0.15, -0.1) is 11.8 Å². The minimum Gasteiger partial charge on any atom is -0.353 e. The molecule has 1 unspecified atom stereocenters. The number of hydrogen-bond acceptors (Lipinski definition) is 4. The first-order valence-corrected chi connectivity index (χ1v) is 11.8. The largest absolute Gasteiger partial charge is 0.353 e. The Morgan fingerprint density at radius 1 is 1.07 bits per heavy atom. The van der Waals surface area contributed by atoms with Gasteiger partial charge in [0.05, 0.1) is 10.6 Å². The Morgan fingerprint density at radius 3 is 2.50 bits per heavy atom. The molecule has 0 saturated carbocycles. The molecule has 28 heavy (non-hydrogen) atoms. The van der Waals surface area contributed by atoms with E-state index in [1.54, 1.807) is 35.7 Å². The second-order valence-corrected chi connectivity index (χ2v) is 8.88. The van der Waals surface area contributed by atoms with Crippen molar-refractivity contribution in [1.29, 1.82) is 0 Å². The van der Waals surface area contributed by atoms with Crippen LogP contribution in [0.25, 0.3) is 0 Å². The number of carbonyl (C=O) groups is 2. The number of halogens is 2. The van der Waals surface area contributed by atoms with E-state index in [0.29, 0.717) is 23.6 Å². The third kappa shape index (κ3) is 7.59. The molecule has 0 radical (unpaired) electrons. The van der Waals surface area contributed by atoms with Crippen molar-refractivity contribution in [2.75, 3.05) is 24.3 Å². The molecule has 0 spiro atoms. The van der Waals surface area contributed by atoms with Crippen molar-refractivity contribution < 1.29 is 9.59 Å². The summed E-state index contributed by atoms with van der Waals surface area (Å²) >= 11 is 15.3. The molecule has 0 aromatic heterocycles. The minimum absolute atomic E-state index is 0.193. The molecule has 150 valence electrons. The van der Waals surface area contributed by atoms with Gasteiger partial charge in [0.15, 0.2) is 0 Å². The molecule has 0 aliphatic rings. The number of thioether (sulfide) groups is 2. The lowest BCUT2D eigenvalue weighted by Crippen LogP contribution is -2.47. The van der Waals surface area contributed by atoms with Crippen LogP contribution in [0.3, 0.4) is 0 Å². The van der Waals surface area contributed by atoms with E-state index < -0.39 is 6.04 Å². The van der Waals surface area contributed by atoms with Crippen LogP contribution in [0, 0.1) is 0 Å². The molecule has 0 bridgehead atoms. The lowest BCUT2D eigenvalue weighted by molar-refractivity contribution is -0.122. The smallest absolute Gasteiger partial charge is 0.253 e. The molecule has 2 amide bonds. The van der Waals surface area contributed by atoms with E-state index in [9.17, 15) is 9.59 Å². The maximum atomic E-state index is 12.6. The van der Waals surface area contributed by atoms with E-state index in [4.69, 9.17) is 23.2 Å². The summed E-state index contributed by atoms with van der Waals surface area (Å²) in [5, 5.41) is 6.40. The summed E-state index contributed by atoms with van der Waals surface area (Å²) in [6.45, 7) is 0.520. The average Bonchev–Trinajstić information content (AvgIpc) is 2.69. The van der Waals surface area contributed by atoms with Crippen LogP contribution in [0.5, 0.6) is 0 Å². The molecule has 2 aromatic carbocycles. The zero-order chi connectivity index (χ0) is 20.4. The maximum absolute atomic E-state index is 12.6. The van der Waals surface area contributed by atoms with Gasteiger partial charge < -0.3 is 10.6 Å². The van der Waals surface area contributed by atoms with Gasteiger partial charge in [-0.25, -0.2) is 0 Å². The third-order valence-corrected chi connectivity index (χ3v) is 6.03. The van der Waals surface area contributed by atoms with Crippen molar-refractivity contribution in [2.24, 2.45) is 0 Å². The molecular weight excluding hydrogens is 435 g/mol. The van der Waals surface area contributed by atoms with Gasteiger partial charge in [-0.1, -0.05) is 41.4 Å². The quantitative estimate of drug-likeness (QED) is 0.399. The van der Waals surface area contributed by atoms with Crippen molar-refractivity contribution in [3.05, 3.63) is 64.1 Å². The summed E-state index contributed by atoms with van der Waals surface area (Å²) in [5.41, 5.74) is 0.299. The van der Waals surface area contributed by atoms with Crippen LogP contribution in [0.15, 0.2) is 53.4 Å². The van der Waals surface area contributed by atoms with E-state index in [-0.39, 0.29) is 16.8 Å². The fourth-order valence-corrected chi connectivity index (χ4v) is 4.15. The topological polar surface area (TPSA) is 58.2 Å². The van der Waals surface area contributed by atoms with E-state index >= 15 is 0 Å². The maximum Gasteiger partial charge on any atom is 0.253 e. The van der Waals surface area contributed by atoms with Gasteiger partial charge >= 0.3 is 0 Å². The molecule has 0 fully saturated rings. The molecule has 0 aliphatic heterocycles. The van der Waals surface area contributed by atoms with Gasteiger partial charge in [0, 0.05) is 22.2 Å². The predicted molar refractivity (Wildman–Crippen MR) is 121 cm³/mol. The molecule has 4 nitrogen and oxygen atoms in total. The Labute approximate surface area is 184 Å². The van der Waals surface area contributed by atoms with Gasteiger partial charge in [0.1, 0.15) is 6.04 Å². The number of hydrogen-bond donors (Lipinski definition) is 2. The standard InChI is InChI=1S/C20H22Cl2N2O2S2/c1-27-11-9-18(24-19(25)16-8-7-14(21)13-17(16)22)20(26)23-10-12-28-15-5-3-2-4-6-15/h2-8,13,18H,9-12H2,1H3,(H,23,26)(H,24,25). The zero-order valence-electron chi connectivity index (χ0n) is 15.4. The van der Waals surface area contributed by atoms with Crippen molar-refractivity contribution in [3.63, 3.8) is 0 Å². The highest BCUT2D eigenvalue weighted by Gasteiger charge is 2.22.